The number of hydrogen-bond acceptors (Lipinski definition) is 3. The van der Waals surface area contributed by atoms with E-state index in [-0.39, 0.29) is 6.04 Å². The van der Waals surface area contributed by atoms with Gasteiger partial charge in [0.05, 0.1) is 4.90 Å². The minimum Gasteiger partial charge on any atom is -0.330 e. The van der Waals surface area contributed by atoms with Crippen LogP contribution in [0.5, 0.6) is 0 Å². The number of nitrogens with one attached hydrogen (secondary N) is 1. The van der Waals surface area contributed by atoms with Gasteiger partial charge in [-0.2, -0.15) is 0 Å². The molecule has 0 saturated carbocycles. The molecule has 20 heavy (non-hydrogen) atoms. The highest BCUT2D eigenvalue weighted by Gasteiger charge is 2.18. The van der Waals surface area contributed by atoms with Gasteiger partial charge in [0.25, 0.3) is 0 Å². The van der Waals surface area contributed by atoms with Gasteiger partial charge in [-0.1, -0.05) is 32.0 Å². The van der Waals surface area contributed by atoms with Gasteiger partial charge in [0.2, 0.25) is 10.0 Å². The van der Waals surface area contributed by atoms with Crippen LogP contribution in [0, 0.1) is 11.8 Å². The van der Waals surface area contributed by atoms with E-state index in [0.717, 1.165) is 12.8 Å². The van der Waals surface area contributed by atoms with E-state index < -0.39 is 10.0 Å². The maximum Gasteiger partial charge on any atom is 0.240 e. The minimum atomic E-state index is -3.42. The van der Waals surface area contributed by atoms with Crippen LogP contribution < -0.4 is 10.5 Å². The summed E-state index contributed by atoms with van der Waals surface area (Å²) in [6.45, 7) is 6.84. The highest BCUT2D eigenvalue weighted by atomic mass is 32.2. The average molecular weight is 298 g/mol. The first-order valence-corrected chi connectivity index (χ1v) is 8.62. The summed E-state index contributed by atoms with van der Waals surface area (Å²) in [4.78, 5) is 0.311. The lowest BCUT2D eigenvalue weighted by molar-refractivity contribution is 0.346. The van der Waals surface area contributed by atoms with Crippen LogP contribution in [-0.2, 0) is 10.0 Å². The van der Waals surface area contributed by atoms with Crippen molar-refractivity contribution < 1.29 is 8.42 Å². The van der Waals surface area contributed by atoms with Gasteiger partial charge in [-0.25, -0.2) is 13.1 Å². The van der Waals surface area contributed by atoms with Crippen LogP contribution in [0.1, 0.15) is 33.6 Å². The molecule has 1 aromatic rings. The third kappa shape index (κ3) is 5.23. The summed E-state index contributed by atoms with van der Waals surface area (Å²) < 4.78 is 27.0. The molecule has 5 heteroatoms. The number of benzene rings is 1. The maximum absolute atomic E-state index is 12.2. The first-order chi connectivity index (χ1) is 9.36. The van der Waals surface area contributed by atoms with Crippen LogP contribution in [0.25, 0.3) is 0 Å². The van der Waals surface area contributed by atoms with Crippen LogP contribution in [0.15, 0.2) is 35.2 Å². The van der Waals surface area contributed by atoms with Crippen molar-refractivity contribution in [3.05, 3.63) is 30.3 Å². The van der Waals surface area contributed by atoms with E-state index in [4.69, 9.17) is 5.73 Å². The molecule has 2 unspecified atom stereocenters. The summed E-state index contributed by atoms with van der Waals surface area (Å²) in [6, 6.07) is 8.37. The highest BCUT2D eigenvalue weighted by molar-refractivity contribution is 7.89. The molecular formula is C15H26N2O2S. The summed E-state index contributed by atoms with van der Waals surface area (Å²) in [5, 5.41) is 0. The van der Waals surface area contributed by atoms with E-state index in [9.17, 15) is 8.42 Å². The third-order valence-corrected chi connectivity index (χ3v) is 5.23. The van der Waals surface area contributed by atoms with E-state index in [0.29, 0.717) is 23.3 Å². The van der Waals surface area contributed by atoms with Crippen molar-refractivity contribution in [2.45, 2.75) is 44.6 Å². The first kappa shape index (κ1) is 17.1. The second-order valence-corrected chi connectivity index (χ2v) is 7.37. The van der Waals surface area contributed by atoms with Crippen LogP contribution >= 0.6 is 0 Å². The molecular weight excluding hydrogens is 272 g/mol. The zero-order valence-corrected chi connectivity index (χ0v) is 13.4. The Morgan fingerprint density at radius 2 is 1.70 bits per heavy atom. The molecule has 0 aliphatic carbocycles. The van der Waals surface area contributed by atoms with Crippen molar-refractivity contribution in [1.29, 1.82) is 0 Å². The zero-order valence-electron chi connectivity index (χ0n) is 12.5. The Morgan fingerprint density at radius 3 is 2.20 bits per heavy atom. The van der Waals surface area contributed by atoms with Gasteiger partial charge in [0, 0.05) is 6.04 Å². The molecule has 0 bridgehead atoms. The first-order valence-electron chi connectivity index (χ1n) is 7.14. The van der Waals surface area contributed by atoms with E-state index >= 15 is 0 Å². The summed E-state index contributed by atoms with van der Waals surface area (Å²) in [6.07, 6.45) is 1.73. The van der Waals surface area contributed by atoms with Crippen molar-refractivity contribution in [2.75, 3.05) is 6.54 Å². The van der Waals surface area contributed by atoms with Gasteiger partial charge in [-0.05, 0) is 50.3 Å². The molecule has 0 amide bonds. The topological polar surface area (TPSA) is 72.2 Å². The van der Waals surface area contributed by atoms with Gasteiger partial charge in [0.1, 0.15) is 0 Å². The number of nitrogens with two attached hydrogens (primary N) is 1. The SMILES string of the molecule is CC(CCC(CN)C(C)C)NS(=O)(=O)c1ccccc1. The molecule has 0 heterocycles. The summed E-state index contributed by atoms with van der Waals surface area (Å²) in [7, 11) is -3.42. The lowest BCUT2D eigenvalue weighted by atomic mass is 9.90. The molecule has 0 fully saturated rings. The number of hydrogen-bond donors (Lipinski definition) is 2. The Kier molecular flexibility index (Phi) is 6.65. The van der Waals surface area contributed by atoms with Gasteiger partial charge < -0.3 is 5.73 Å². The summed E-state index contributed by atoms with van der Waals surface area (Å²) in [5.41, 5.74) is 5.74. The zero-order chi connectivity index (χ0) is 15.2. The smallest absolute Gasteiger partial charge is 0.240 e. The molecule has 1 rings (SSSR count). The lowest BCUT2D eigenvalue weighted by Crippen LogP contribution is -2.33. The van der Waals surface area contributed by atoms with Crippen LogP contribution in [-0.4, -0.2) is 21.0 Å². The fourth-order valence-corrected chi connectivity index (χ4v) is 3.48. The highest BCUT2D eigenvalue weighted by Crippen LogP contribution is 2.17. The Morgan fingerprint density at radius 1 is 1.10 bits per heavy atom. The van der Waals surface area contributed by atoms with Crippen molar-refractivity contribution in [1.82, 2.24) is 4.72 Å². The fraction of sp³-hybridized carbons (Fsp3) is 0.600. The van der Waals surface area contributed by atoms with Gasteiger partial charge in [-0.3, -0.25) is 0 Å². The second-order valence-electron chi connectivity index (χ2n) is 5.65. The van der Waals surface area contributed by atoms with Crippen LogP contribution in [0.2, 0.25) is 0 Å². The minimum absolute atomic E-state index is 0.0898. The van der Waals surface area contributed by atoms with E-state index in [1.54, 1.807) is 30.3 Å². The Balaban J connectivity index is 2.56. The van der Waals surface area contributed by atoms with E-state index in [1.807, 2.05) is 6.92 Å². The molecule has 0 aliphatic heterocycles. The quantitative estimate of drug-likeness (QED) is 0.774. The Hall–Kier alpha value is -0.910. The molecule has 1 aromatic carbocycles. The Labute approximate surface area is 122 Å². The number of rotatable bonds is 8. The molecule has 3 N–H and O–H groups in total. The van der Waals surface area contributed by atoms with Gasteiger partial charge in [0.15, 0.2) is 0 Å². The summed E-state index contributed by atoms with van der Waals surface area (Å²) >= 11 is 0. The molecule has 0 aliphatic rings. The van der Waals surface area contributed by atoms with Crippen molar-refractivity contribution in [2.24, 2.45) is 17.6 Å². The van der Waals surface area contributed by atoms with Gasteiger partial charge in [-0.15, -0.1) is 0 Å². The lowest BCUT2D eigenvalue weighted by Gasteiger charge is -2.21. The predicted octanol–water partition coefficient (Wildman–Crippen LogP) is 2.36. The normalized spacial score (nSPS) is 15.2. The summed E-state index contributed by atoms with van der Waals surface area (Å²) in [5.74, 6) is 0.969. The average Bonchev–Trinajstić information content (AvgIpc) is 2.39. The molecule has 0 saturated heterocycles. The van der Waals surface area contributed by atoms with E-state index in [1.165, 1.54) is 0 Å². The largest absolute Gasteiger partial charge is 0.330 e. The number of sulfonamides is 1. The Bertz CT molecular complexity index is 486. The molecule has 114 valence electrons. The monoisotopic (exact) mass is 298 g/mol. The third-order valence-electron chi connectivity index (χ3n) is 3.63. The van der Waals surface area contributed by atoms with Gasteiger partial charge >= 0.3 is 0 Å². The molecule has 4 nitrogen and oxygen atoms in total. The van der Waals surface area contributed by atoms with E-state index in [2.05, 4.69) is 18.6 Å². The maximum atomic E-state index is 12.2. The molecule has 0 spiro atoms. The molecule has 0 aromatic heterocycles. The van der Waals surface area contributed by atoms with Crippen molar-refractivity contribution in [3.8, 4) is 0 Å². The van der Waals surface area contributed by atoms with Crippen molar-refractivity contribution >= 4 is 10.0 Å². The molecule has 2 atom stereocenters. The second kappa shape index (κ2) is 7.76. The molecule has 0 radical (unpaired) electrons. The fourth-order valence-electron chi connectivity index (χ4n) is 2.18. The van der Waals surface area contributed by atoms with Crippen LogP contribution in [0.3, 0.4) is 0 Å². The van der Waals surface area contributed by atoms with Crippen LogP contribution in [0.4, 0.5) is 0 Å². The van der Waals surface area contributed by atoms with Crippen molar-refractivity contribution in [3.63, 3.8) is 0 Å². The predicted molar refractivity (Wildman–Crippen MR) is 82.8 cm³/mol. The standard InChI is InChI=1S/C15H26N2O2S/c1-12(2)14(11-16)10-9-13(3)17-20(18,19)15-7-5-4-6-8-15/h4-8,12-14,17H,9-11,16H2,1-3H3.